The van der Waals surface area contributed by atoms with Gasteiger partial charge in [0.15, 0.2) is 0 Å². The van der Waals surface area contributed by atoms with E-state index in [1.165, 1.54) is 0 Å². The normalized spacial score (nSPS) is 12.5. The van der Waals surface area contributed by atoms with Crippen LogP contribution in [0.3, 0.4) is 0 Å². The molecule has 3 N–H and O–H groups in total. The molecule has 1 unspecified atom stereocenters. The number of methoxy groups -OCH3 is 1. The number of nitrogens with two attached hydrogens (primary N) is 1. The van der Waals surface area contributed by atoms with Gasteiger partial charge in [0.2, 0.25) is 5.91 Å². The molecule has 1 atom stereocenters. The van der Waals surface area contributed by atoms with Gasteiger partial charge in [-0.25, -0.2) is 0 Å². The van der Waals surface area contributed by atoms with Crippen molar-refractivity contribution < 1.29 is 9.53 Å². The lowest BCUT2D eigenvalue weighted by atomic mass is 9.84. The molecule has 24 heavy (non-hydrogen) atoms. The van der Waals surface area contributed by atoms with Gasteiger partial charge in [-0.1, -0.05) is 56.3 Å². The van der Waals surface area contributed by atoms with Gasteiger partial charge in [-0.05, 0) is 23.3 Å². The quantitative estimate of drug-likeness (QED) is 0.821. The highest BCUT2D eigenvalue weighted by atomic mass is 16.5. The van der Waals surface area contributed by atoms with Gasteiger partial charge in [0.25, 0.3) is 0 Å². The van der Waals surface area contributed by atoms with E-state index in [0.29, 0.717) is 6.54 Å². The second-order valence-electron chi connectivity index (χ2n) is 6.61. The van der Waals surface area contributed by atoms with Crippen LogP contribution in [0.25, 0.3) is 0 Å². The summed E-state index contributed by atoms with van der Waals surface area (Å²) in [5.74, 6) is 0.792. The smallest absolute Gasteiger partial charge is 0.221 e. The molecule has 2 aromatic rings. The van der Waals surface area contributed by atoms with Crippen LogP contribution in [0.5, 0.6) is 5.75 Å². The summed E-state index contributed by atoms with van der Waals surface area (Å²) in [6, 6.07) is 17.3. The maximum absolute atomic E-state index is 12.2. The Balaban J connectivity index is 1.89. The van der Waals surface area contributed by atoms with Crippen LogP contribution in [0.2, 0.25) is 0 Å². The van der Waals surface area contributed by atoms with E-state index in [1.807, 2.05) is 54.6 Å². The Morgan fingerprint density at radius 1 is 1.12 bits per heavy atom. The minimum atomic E-state index is -0.282. The van der Waals surface area contributed by atoms with E-state index in [-0.39, 0.29) is 23.8 Å². The number of ether oxygens (including phenoxy) is 1. The molecular weight excluding hydrogens is 300 g/mol. The molecule has 4 nitrogen and oxygen atoms in total. The van der Waals surface area contributed by atoms with Crippen molar-refractivity contribution in [1.82, 2.24) is 5.32 Å². The van der Waals surface area contributed by atoms with E-state index in [1.54, 1.807) is 7.11 Å². The Bertz CT molecular complexity index is 651. The molecule has 0 radical (unpaired) electrons. The van der Waals surface area contributed by atoms with E-state index in [9.17, 15) is 4.79 Å². The fourth-order valence-electron chi connectivity index (χ4n) is 2.55. The average Bonchev–Trinajstić information content (AvgIpc) is 2.61. The molecule has 0 saturated carbocycles. The average molecular weight is 326 g/mol. The van der Waals surface area contributed by atoms with Gasteiger partial charge in [-0.15, -0.1) is 0 Å². The summed E-state index contributed by atoms with van der Waals surface area (Å²) in [6.45, 7) is 4.76. The third-order valence-electron chi connectivity index (χ3n) is 4.23. The Hall–Kier alpha value is -2.33. The van der Waals surface area contributed by atoms with Crippen molar-refractivity contribution in [3.63, 3.8) is 0 Å². The molecule has 0 aliphatic rings. The topological polar surface area (TPSA) is 64.3 Å². The first kappa shape index (κ1) is 18.0. The number of benzene rings is 2. The van der Waals surface area contributed by atoms with Gasteiger partial charge in [-0.2, -0.15) is 0 Å². The monoisotopic (exact) mass is 326 g/mol. The van der Waals surface area contributed by atoms with Crippen LogP contribution in [-0.4, -0.2) is 19.6 Å². The lowest BCUT2D eigenvalue weighted by Gasteiger charge is -2.26. The lowest BCUT2D eigenvalue weighted by Crippen LogP contribution is -2.37. The van der Waals surface area contributed by atoms with E-state index in [0.717, 1.165) is 16.9 Å². The molecule has 2 aromatic carbocycles. The summed E-state index contributed by atoms with van der Waals surface area (Å²) >= 11 is 0. The summed E-state index contributed by atoms with van der Waals surface area (Å²) in [4.78, 5) is 12.2. The fraction of sp³-hybridized carbons (Fsp3) is 0.350. The molecule has 2 rings (SSSR count). The number of carbonyl (C=O) groups is 1. The maximum atomic E-state index is 12.2. The van der Waals surface area contributed by atoms with Gasteiger partial charge >= 0.3 is 0 Å². The molecule has 0 saturated heterocycles. The Kier molecular flexibility index (Phi) is 5.99. The Labute approximate surface area is 144 Å². The number of amides is 1. The zero-order valence-corrected chi connectivity index (χ0v) is 14.6. The van der Waals surface area contributed by atoms with E-state index >= 15 is 0 Å². The van der Waals surface area contributed by atoms with E-state index in [4.69, 9.17) is 10.5 Å². The minimum Gasteiger partial charge on any atom is -0.497 e. The van der Waals surface area contributed by atoms with Crippen LogP contribution in [-0.2, 0) is 10.2 Å². The minimum absolute atomic E-state index is 0.0343. The first-order valence-electron chi connectivity index (χ1n) is 8.14. The molecule has 0 aromatic heterocycles. The maximum Gasteiger partial charge on any atom is 0.221 e. The van der Waals surface area contributed by atoms with Crippen LogP contribution in [0, 0.1) is 0 Å². The predicted octanol–water partition coefficient (Wildman–Crippen LogP) is 3.18. The highest BCUT2D eigenvalue weighted by molar-refractivity contribution is 5.76. The molecule has 0 fully saturated rings. The summed E-state index contributed by atoms with van der Waals surface area (Å²) in [7, 11) is 1.65. The molecule has 0 aliphatic heterocycles. The Morgan fingerprint density at radius 3 is 2.33 bits per heavy atom. The first-order valence-corrected chi connectivity index (χ1v) is 8.14. The Morgan fingerprint density at radius 2 is 1.75 bits per heavy atom. The van der Waals surface area contributed by atoms with Crippen LogP contribution in [0.4, 0.5) is 0 Å². The summed E-state index contributed by atoms with van der Waals surface area (Å²) in [5.41, 5.74) is 8.06. The molecule has 0 bridgehead atoms. The number of rotatable bonds is 7. The van der Waals surface area contributed by atoms with Crippen LogP contribution < -0.4 is 15.8 Å². The van der Waals surface area contributed by atoms with Crippen LogP contribution in [0.15, 0.2) is 54.6 Å². The number of hydrogen-bond acceptors (Lipinski definition) is 3. The molecular formula is C20H26N2O2. The molecule has 128 valence electrons. The standard InChI is InChI=1S/C20H26N2O2/c1-20(2,16-9-11-17(24-3)12-10-16)14-22-19(23)13-18(21)15-7-5-4-6-8-15/h4-12,18H,13-14,21H2,1-3H3,(H,22,23). The second-order valence-corrected chi connectivity index (χ2v) is 6.61. The predicted molar refractivity (Wildman–Crippen MR) is 97.0 cm³/mol. The zero-order chi connectivity index (χ0) is 17.6. The van der Waals surface area contributed by atoms with Gasteiger partial charge in [0.1, 0.15) is 5.75 Å². The SMILES string of the molecule is COc1ccc(C(C)(C)CNC(=O)CC(N)c2ccccc2)cc1. The highest BCUT2D eigenvalue weighted by Gasteiger charge is 2.22. The van der Waals surface area contributed by atoms with E-state index in [2.05, 4.69) is 19.2 Å². The molecule has 1 amide bonds. The fourth-order valence-corrected chi connectivity index (χ4v) is 2.55. The zero-order valence-electron chi connectivity index (χ0n) is 14.6. The second kappa shape index (κ2) is 7.97. The third kappa shape index (κ3) is 4.83. The highest BCUT2D eigenvalue weighted by Crippen LogP contribution is 2.24. The first-order chi connectivity index (χ1) is 11.4. The van der Waals surface area contributed by atoms with Crippen molar-refractivity contribution in [2.75, 3.05) is 13.7 Å². The number of carbonyl (C=O) groups excluding carboxylic acids is 1. The largest absolute Gasteiger partial charge is 0.497 e. The van der Waals surface area contributed by atoms with Gasteiger partial charge in [-0.3, -0.25) is 4.79 Å². The van der Waals surface area contributed by atoms with Crippen molar-refractivity contribution in [2.45, 2.75) is 31.7 Å². The van der Waals surface area contributed by atoms with Gasteiger partial charge < -0.3 is 15.8 Å². The van der Waals surface area contributed by atoms with Gasteiger partial charge in [0.05, 0.1) is 7.11 Å². The lowest BCUT2D eigenvalue weighted by molar-refractivity contribution is -0.121. The molecule has 0 spiro atoms. The summed E-state index contributed by atoms with van der Waals surface area (Å²) < 4.78 is 5.18. The van der Waals surface area contributed by atoms with Crippen molar-refractivity contribution in [1.29, 1.82) is 0 Å². The third-order valence-corrected chi connectivity index (χ3v) is 4.23. The van der Waals surface area contributed by atoms with Gasteiger partial charge in [0, 0.05) is 24.4 Å². The number of hydrogen-bond donors (Lipinski definition) is 2. The summed E-state index contributed by atoms with van der Waals surface area (Å²) in [5, 5.41) is 3.00. The van der Waals surface area contributed by atoms with Crippen molar-refractivity contribution in [3.05, 3.63) is 65.7 Å². The van der Waals surface area contributed by atoms with E-state index < -0.39 is 0 Å². The summed E-state index contributed by atoms with van der Waals surface area (Å²) in [6.07, 6.45) is 0.280. The van der Waals surface area contributed by atoms with Crippen LogP contribution in [0.1, 0.15) is 37.4 Å². The molecule has 4 heteroatoms. The van der Waals surface area contributed by atoms with Crippen LogP contribution >= 0.6 is 0 Å². The van der Waals surface area contributed by atoms with Crippen molar-refractivity contribution in [2.24, 2.45) is 5.73 Å². The molecule has 0 heterocycles. The molecule has 0 aliphatic carbocycles. The van der Waals surface area contributed by atoms with Crippen molar-refractivity contribution in [3.8, 4) is 5.75 Å². The van der Waals surface area contributed by atoms with Crippen molar-refractivity contribution >= 4 is 5.91 Å². The number of nitrogens with one attached hydrogen (secondary N) is 1.